The molecule has 2 aromatic rings. The number of nitrogens with one attached hydrogen (secondary N) is 1. The highest BCUT2D eigenvalue weighted by atomic mass is 32.1. The van der Waals surface area contributed by atoms with Gasteiger partial charge in [-0.25, -0.2) is 15.0 Å². The van der Waals surface area contributed by atoms with Crippen LogP contribution in [0, 0.1) is 0 Å². The second-order valence-corrected chi connectivity index (χ2v) is 6.77. The predicted molar refractivity (Wildman–Crippen MR) is 89.1 cm³/mol. The Morgan fingerprint density at radius 3 is 2.62 bits per heavy atom. The monoisotopic (exact) mass is 305 g/mol. The normalized spacial score (nSPS) is 11.5. The lowest BCUT2D eigenvalue weighted by molar-refractivity contribution is 0.545. The molecule has 0 aliphatic carbocycles. The molecule has 0 atom stereocenters. The minimum absolute atomic E-state index is 0.0817. The van der Waals surface area contributed by atoms with Gasteiger partial charge in [-0.15, -0.1) is 11.3 Å². The third kappa shape index (κ3) is 4.14. The Morgan fingerprint density at radius 2 is 2.05 bits per heavy atom. The maximum Gasteiger partial charge on any atom is 0.138 e. The van der Waals surface area contributed by atoms with Gasteiger partial charge in [-0.3, -0.25) is 0 Å². The Hall–Kier alpha value is -1.69. The van der Waals surface area contributed by atoms with Crippen molar-refractivity contribution >= 4 is 23.0 Å². The van der Waals surface area contributed by atoms with Crippen LogP contribution >= 0.6 is 11.3 Å². The summed E-state index contributed by atoms with van der Waals surface area (Å²) in [6.45, 7) is 10.0. The molecule has 0 radical (unpaired) electrons. The first-order valence-electron chi connectivity index (χ1n) is 7.11. The summed E-state index contributed by atoms with van der Waals surface area (Å²) >= 11 is 1.61. The van der Waals surface area contributed by atoms with Gasteiger partial charge in [0.15, 0.2) is 0 Å². The van der Waals surface area contributed by atoms with Crippen LogP contribution in [-0.2, 0) is 12.0 Å². The van der Waals surface area contributed by atoms with Crippen LogP contribution in [0.3, 0.4) is 0 Å². The summed E-state index contributed by atoms with van der Waals surface area (Å²) in [5.41, 5.74) is 2.83. The third-order valence-electron chi connectivity index (χ3n) is 3.02. The molecule has 2 rings (SSSR count). The second-order valence-electron chi connectivity index (χ2n) is 6.05. The molecular weight excluding hydrogens is 282 g/mol. The Kier molecular flexibility index (Phi) is 4.77. The zero-order valence-electron chi connectivity index (χ0n) is 13.3. The molecule has 0 aliphatic heterocycles. The molecule has 0 aromatic carbocycles. The van der Waals surface area contributed by atoms with Crippen molar-refractivity contribution in [2.45, 2.75) is 39.7 Å². The lowest BCUT2D eigenvalue weighted by Gasteiger charge is -2.23. The van der Waals surface area contributed by atoms with Gasteiger partial charge >= 0.3 is 0 Å². The summed E-state index contributed by atoms with van der Waals surface area (Å²) in [6, 6.07) is 1.99. The summed E-state index contributed by atoms with van der Waals surface area (Å²) in [7, 11) is 2.03. The lowest BCUT2D eigenvalue weighted by Crippen LogP contribution is -2.23. The molecule has 0 spiro atoms. The van der Waals surface area contributed by atoms with Gasteiger partial charge < -0.3 is 10.2 Å². The zero-order valence-corrected chi connectivity index (χ0v) is 14.2. The van der Waals surface area contributed by atoms with Crippen LogP contribution in [0.5, 0.6) is 0 Å². The van der Waals surface area contributed by atoms with Crippen molar-refractivity contribution in [2.24, 2.45) is 0 Å². The molecule has 6 heteroatoms. The molecule has 0 unspecified atom stereocenters. The highest BCUT2D eigenvalue weighted by Crippen LogP contribution is 2.24. The number of anilines is 2. The predicted octanol–water partition coefficient (Wildman–Crippen LogP) is 3.30. The number of nitrogens with zero attached hydrogens (tertiary/aromatic N) is 4. The number of rotatable bonds is 5. The van der Waals surface area contributed by atoms with Gasteiger partial charge in [0, 0.05) is 30.5 Å². The van der Waals surface area contributed by atoms with Crippen molar-refractivity contribution in [1.82, 2.24) is 15.0 Å². The summed E-state index contributed by atoms with van der Waals surface area (Å²) in [6.07, 6.45) is 0. The van der Waals surface area contributed by atoms with Crippen LogP contribution in [0.25, 0.3) is 0 Å². The third-order valence-corrected chi connectivity index (χ3v) is 3.65. The molecule has 114 valence electrons. The maximum absolute atomic E-state index is 4.72. The van der Waals surface area contributed by atoms with E-state index in [0.717, 1.165) is 36.2 Å². The van der Waals surface area contributed by atoms with Crippen molar-refractivity contribution in [3.63, 3.8) is 0 Å². The SMILES string of the molecule is CCNc1cc(N(C)Cc2cscn2)nc(C(C)(C)C)n1. The van der Waals surface area contributed by atoms with Crippen molar-refractivity contribution in [1.29, 1.82) is 0 Å². The van der Waals surface area contributed by atoms with E-state index in [0.29, 0.717) is 0 Å². The van der Waals surface area contributed by atoms with Crippen molar-refractivity contribution in [3.8, 4) is 0 Å². The molecule has 5 nitrogen and oxygen atoms in total. The molecule has 0 saturated carbocycles. The first-order chi connectivity index (χ1) is 9.90. The topological polar surface area (TPSA) is 53.9 Å². The Morgan fingerprint density at radius 1 is 1.29 bits per heavy atom. The van der Waals surface area contributed by atoms with Crippen LogP contribution in [0.1, 0.15) is 39.2 Å². The molecular formula is C15H23N5S. The van der Waals surface area contributed by atoms with Crippen LogP contribution in [0.2, 0.25) is 0 Å². The second kappa shape index (κ2) is 6.39. The fourth-order valence-corrected chi connectivity index (χ4v) is 2.43. The highest BCUT2D eigenvalue weighted by molar-refractivity contribution is 7.07. The lowest BCUT2D eigenvalue weighted by atomic mass is 9.96. The van der Waals surface area contributed by atoms with Crippen molar-refractivity contribution in [2.75, 3.05) is 23.8 Å². The minimum atomic E-state index is -0.0817. The van der Waals surface area contributed by atoms with Crippen LogP contribution in [0.4, 0.5) is 11.6 Å². The first-order valence-corrected chi connectivity index (χ1v) is 8.06. The van der Waals surface area contributed by atoms with E-state index in [4.69, 9.17) is 4.98 Å². The van der Waals surface area contributed by atoms with Gasteiger partial charge in [0.05, 0.1) is 17.7 Å². The fraction of sp³-hybridized carbons (Fsp3) is 0.533. The van der Waals surface area contributed by atoms with E-state index in [1.54, 1.807) is 11.3 Å². The van der Waals surface area contributed by atoms with Gasteiger partial charge in [-0.1, -0.05) is 20.8 Å². The van der Waals surface area contributed by atoms with E-state index in [1.165, 1.54) is 0 Å². The molecule has 2 heterocycles. The van der Waals surface area contributed by atoms with E-state index in [2.05, 4.69) is 53.3 Å². The average Bonchev–Trinajstić information content (AvgIpc) is 2.90. The van der Waals surface area contributed by atoms with E-state index in [-0.39, 0.29) is 5.41 Å². The molecule has 0 aliphatic rings. The summed E-state index contributed by atoms with van der Waals surface area (Å²) in [5, 5.41) is 5.35. The molecule has 0 bridgehead atoms. The van der Waals surface area contributed by atoms with Gasteiger partial charge in [0.25, 0.3) is 0 Å². The van der Waals surface area contributed by atoms with E-state index in [1.807, 2.05) is 18.6 Å². The van der Waals surface area contributed by atoms with Crippen molar-refractivity contribution < 1.29 is 0 Å². The van der Waals surface area contributed by atoms with Crippen LogP contribution in [0.15, 0.2) is 17.0 Å². The van der Waals surface area contributed by atoms with E-state index < -0.39 is 0 Å². The number of thiazole rings is 1. The van der Waals surface area contributed by atoms with Gasteiger partial charge in [-0.05, 0) is 6.92 Å². The Labute approximate surface area is 130 Å². The standard InChI is InChI=1S/C15H23N5S/c1-6-16-12-7-13(19-14(18-12)15(2,3)4)20(5)8-11-9-21-10-17-11/h7,9-10H,6,8H2,1-5H3,(H,16,18,19). The van der Waals surface area contributed by atoms with Gasteiger partial charge in [-0.2, -0.15) is 0 Å². The smallest absolute Gasteiger partial charge is 0.138 e. The zero-order chi connectivity index (χ0) is 15.5. The Bertz CT molecular complexity index is 574. The number of hydrogen-bond donors (Lipinski definition) is 1. The number of hydrogen-bond acceptors (Lipinski definition) is 6. The van der Waals surface area contributed by atoms with Gasteiger partial charge in [0.2, 0.25) is 0 Å². The molecule has 1 N–H and O–H groups in total. The minimum Gasteiger partial charge on any atom is -0.370 e. The molecule has 21 heavy (non-hydrogen) atoms. The van der Waals surface area contributed by atoms with Crippen LogP contribution < -0.4 is 10.2 Å². The molecule has 0 saturated heterocycles. The highest BCUT2D eigenvalue weighted by Gasteiger charge is 2.20. The average molecular weight is 305 g/mol. The quantitative estimate of drug-likeness (QED) is 0.918. The summed E-state index contributed by atoms with van der Waals surface area (Å²) in [5.74, 6) is 2.64. The molecule has 0 fully saturated rings. The van der Waals surface area contributed by atoms with E-state index >= 15 is 0 Å². The number of aromatic nitrogens is 3. The first kappa shape index (κ1) is 15.7. The molecule has 2 aromatic heterocycles. The fourth-order valence-electron chi connectivity index (χ4n) is 1.88. The summed E-state index contributed by atoms with van der Waals surface area (Å²) in [4.78, 5) is 15.8. The van der Waals surface area contributed by atoms with Gasteiger partial charge in [0.1, 0.15) is 17.5 Å². The Balaban J connectivity index is 2.30. The largest absolute Gasteiger partial charge is 0.370 e. The molecule has 0 amide bonds. The summed E-state index contributed by atoms with van der Waals surface area (Å²) < 4.78 is 0. The maximum atomic E-state index is 4.72. The van der Waals surface area contributed by atoms with E-state index in [9.17, 15) is 0 Å². The van der Waals surface area contributed by atoms with Crippen LogP contribution in [-0.4, -0.2) is 28.5 Å². The van der Waals surface area contributed by atoms with Crippen molar-refractivity contribution in [3.05, 3.63) is 28.5 Å².